The van der Waals surface area contributed by atoms with Gasteiger partial charge in [0.1, 0.15) is 0 Å². The molecule has 6 nitrogen and oxygen atoms in total. The second-order valence-electron chi connectivity index (χ2n) is 6.10. The zero-order chi connectivity index (χ0) is 19.6. The molecule has 0 aliphatic rings. The van der Waals surface area contributed by atoms with Crippen LogP contribution in [0, 0.1) is 0 Å². The minimum absolute atomic E-state index is 0.124. The van der Waals surface area contributed by atoms with Gasteiger partial charge < -0.3 is 15.0 Å². The lowest BCUT2D eigenvalue weighted by Crippen LogP contribution is -2.36. The van der Waals surface area contributed by atoms with E-state index in [0.717, 1.165) is 10.4 Å². The van der Waals surface area contributed by atoms with Crippen LogP contribution in [0.5, 0.6) is 0 Å². The first-order chi connectivity index (χ1) is 13.0. The first-order valence-electron chi connectivity index (χ1n) is 8.68. The van der Waals surface area contributed by atoms with Crippen LogP contribution in [-0.4, -0.2) is 36.3 Å². The summed E-state index contributed by atoms with van der Waals surface area (Å²) in [5.41, 5.74) is 0.975. The van der Waals surface area contributed by atoms with E-state index in [2.05, 4.69) is 5.32 Å². The summed E-state index contributed by atoms with van der Waals surface area (Å²) >= 11 is 1.49. The van der Waals surface area contributed by atoms with E-state index in [9.17, 15) is 14.4 Å². The average molecular weight is 388 g/mol. The van der Waals surface area contributed by atoms with Crippen molar-refractivity contribution in [2.75, 3.05) is 13.7 Å². The van der Waals surface area contributed by atoms with E-state index < -0.39 is 0 Å². The third kappa shape index (κ3) is 6.86. The van der Waals surface area contributed by atoms with Crippen molar-refractivity contribution < 1.29 is 19.1 Å². The number of rotatable bonds is 9. The van der Waals surface area contributed by atoms with Gasteiger partial charge in [-0.2, -0.15) is 0 Å². The first-order valence-corrected chi connectivity index (χ1v) is 9.56. The van der Waals surface area contributed by atoms with Gasteiger partial charge in [-0.15, -0.1) is 11.3 Å². The van der Waals surface area contributed by atoms with Crippen molar-refractivity contribution in [3.8, 4) is 0 Å². The molecule has 7 heteroatoms. The van der Waals surface area contributed by atoms with Crippen LogP contribution >= 0.6 is 11.3 Å². The van der Waals surface area contributed by atoms with E-state index in [1.165, 1.54) is 25.4 Å². The monoisotopic (exact) mass is 388 g/mol. The van der Waals surface area contributed by atoms with Crippen LogP contribution in [0.2, 0.25) is 0 Å². The third-order valence-corrected chi connectivity index (χ3v) is 5.01. The maximum absolute atomic E-state index is 13.0. The average Bonchev–Trinajstić information content (AvgIpc) is 3.19. The van der Waals surface area contributed by atoms with E-state index in [-0.39, 0.29) is 43.2 Å². The summed E-state index contributed by atoms with van der Waals surface area (Å²) in [5, 5.41) is 4.75. The number of benzene rings is 1. The largest absolute Gasteiger partial charge is 0.469 e. The second kappa shape index (κ2) is 10.5. The summed E-state index contributed by atoms with van der Waals surface area (Å²) in [6, 6.07) is 13.0. The topological polar surface area (TPSA) is 75.7 Å². The van der Waals surface area contributed by atoms with Crippen molar-refractivity contribution >= 4 is 29.1 Å². The number of methoxy groups -OCH3 is 1. The highest BCUT2D eigenvalue weighted by atomic mass is 32.1. The van der Waals surface area contributed by atoms with Crippen molar-refractivity contribution in [3.05, 3.63) is 58.3 Å². The minimum Gasteiger partial charge on any atom is -0.469 e. The van der Waals surface area contributed by atoms with E-state index in [0.29, 0.717) is 6.54 Å². The molecule has 1 aromatic heterocycles. The Morgan fingerprint density at radius 1 is 1.15 bits per heavy atom. The maximum Gasteiger partial charge on any atom is 0.307 e. The molecule has 0 saturated heterocycles. The van der Waals surface area contributed by atoms with Crippen LogP contribution in [-0.2, 0) is 25.7 Å². The Morgan fingerprint density at radius 3 is 2.48 bits per heavy atom. The first kappa shape index (κ1) is 20.6. The van der Waals surface area contributed by atoms with Gasteiger partial charge >= 0.3 is 5.97 Å². The molecule has 0 aliphatic heterocycles. The predicted octanol–water partition coefficient (Wildman–Crippen LogP) is 2.91. The second-order valence-corrected chi connectivity index (χ2v) is 7.08. The van der Waals surface area contributed by atoms with Gasteiger partial charge in [0, 0.05) is 24.9 Å². The van der Waals surface area contributed by atoms with Crippen molar-refractivity contribution in [2.24, 2.45) is 0 Å². The quantitative estimate of drug-likeness (QED) is 0.670. The molecular formula is C20H24N2O4S. The molecule has 2 aromatic rings. The molecule has 0 bridgehead atoms. The molecule has 0 fully saturated rings. The van der Waals surface area contributed by atoms with Gasteiger partial charge in [-0.25, -0.2) is 0 Å². The molecule has 0 aliphatic carbocycles. The van der Waals surface area contributed by atoms with Crippen molar-refractivity contribution in [1.82, 2.24) is 10.2 Å². The molecule has 0 saturated carbocycles. The molecule has 2 amide bonds. The van der Waals surface area contributed by atoms with Gasteiger partial charge in [0.05, 0.1) is 26.0 Å². The van der Waals surface area contributed by atoms with Gasteiger partial charge in [0.15, 0.2) is 0 Å². The Morgan fingerprint density at radius 2 is 1.89 bits per heavy atom. The molecule has 0 spiro atoms. The van der Waals surface area contributed by atoms with Crippen LogP contribution in [0.15, 0.2) is 47.8 Å². The summed E-state index contributed by atoms with van der Waals surface area (Å²) in [5.74, 6) is -0.683. The predicted molar refractivity (Wildman–Crippen MR) is 104 cm³/mol. The number of ether oxygens (including phenoxy) is 1. The van der Waals surface area contributed by atoms with Crippen LogP contribution in [0.3, 0.4) is 0 Å². The highest BCUT2D eigenvalue weighted by Gasteiger charge is 2.23. The molecular weight excluding hydrogens is 364 g/mol. The van der Waals surface area contributed by atoms with Gasteiger partial charge in [0.2, 0.25) is 11.8 Å². The number of hydrogen-bond donors (Lipinski definition) is 1. The third-order valence-electron chi connectivity index (χ3n) is 4.03. The number of esters is 1. The zero-order valence-corrected chi connectivity index (χ0v) is 16.3. The number of nitrogens with zero attached hydrogens (tertiary/aromatic N) is 1. The molecule has 1 heterocycles. The maximum atomic E-state index is 13.0. The molecule has 144 valence electrons. The van der Waals surface area contributed by atoms with Crippen LogP contribution in [0.1, 0.15) is 36.2 Å². The van der Waals surface area contributed by atoms with Crippen LogP contribution < -0.4 is 5.32 Å². The Hall–Kier alpha value is -2.67. The highest BCUT2D eigenvalue weighted by Crippen LogP contribution is 2.23. The molecule has 1 N–H and O–H groups in total. The summed E-state index contributed by atoms with van der Waals surface area (Å²) in [7, 11) is 1.33. The fraction of sp³-hybridized carbons (Fsp3) is 0.350. The summed E-state index contributed by atoms with van der Waals surface area (Å²) in [6.45, 7) is 2.09. The van der Waals surface area contributed by atoms with Gasteiger partial charge in [0.25, 0.3) is 0 Å². The fourth-order valence-electron chi connectivity index (χ4n) is 2.69. The minimum atomic E-state index is -0.383. The molecule has 1 unspecified atom stereocenters. The van der Waals surface area contributed by atoms with Gasteiger partial charge in [-0.3, -0.25) is 14.4 Å². The SMILES string of the molecule is COC(=O)CCN(Cc1ccccc1)C(=O)CC(NC(C)=O)c1cccs1. The number of thiophene rings is 1. The van der Waals surface area contributed by atoms with Crippen LogP contribution in [0.25, 0.3) is 0 Å². The number of carbonyl (C=O) groups is 3. The lowest BCUT2D eigenvalue weighted by Gasteiger charge is -2.25. The molecule has 0 radical (unpaired) electrons. The van der Waals surface area contributed by atoms with Crippen molar-refractivity contribution in [1.29, 1.82) is 0 Å². The summed E-state index contributed by atoms with van der Waals surface area (Å²) in [6.07, 6.45) is 0.257. The summed E-state index contributed by atoms with van der Waals surface area (Å²) in [4.78, 5) is 38.6. The normalized spacial score (nSPS) is 11.5. The number of carbonyl (C=O) groups excluding carboxylic acids is 3. The van der Waals surface area contributed by atoms with Gasteiger partial charge in [-0.1, -0.05) is 36.4 Å². The van der Waals surface area contributed by atoms with E-state index in [1.807, 2.05) is 47.8 Å². The lowest BCUT2D eigenvalue weighted by molar-refractivity contribution is -0.142. The smallest absolute Gasteiger partial charge is 0.307 e. The Bertz CT molecular complexity index is 747. The van der Waals surface area contributed by atoms with Crippen molar-refractivity contribution in [2.45, 2.75) is 32.4 Å². The van der Waals surface area contributed by atoms with Crippen molar-refractivity contribution in [3.63, 3.8) is 0 Å². The number of hydrogen-bond acceptors (Lipinski definition) is 5. The summed E-state index contributed by atoms with van der Waals surface area (Å²) < 4.78 is 4.69. The zero-order valence-electron chi connectivity index (χ0n) is 15.5. The number of nitrogens with one attached hydrogen (secondary N) is 1. The number of amides is 2. The molecule has 1 aromatic carbocycles. The standard InChI is InChI=1S/C20H24N2O4S/c1-15(23)21-17(18-9-6-12-27-18)13-19(24)22(11-10-20(25)26-2)14-16-7-4-3-5-8-16/h3-9,12,17H,10-11,13-14H2,1-2H3,(H,21,23). The Kier molecular flexibility index (Phi) is 8.00. The fourth-order valence-corrected chi connectivity index (χ4v) is 3.46. The Labute approximate surface area is 163 Å². The highest BCUT2D eigenvalue weighted by molar-refractivity contribution is 7.10. The van der Waals surface area contributed by atoms with E-state index >= 15 is 0 Å². The van der Waals surface area contributed by atoms with Crippen LogP contribution in [0.4, 0.5) is 0 Å². The Balaban J connectivity index is 2.12. The van der Waals surface area contributed by atoms with E-state index in [4.69, 9.17) is 4.74 Å². The van der Waals surface area contributed by atoms with Gasteiger partial charge in [-0.05, 0) is 17.0 Å². The lowest BCUT2D eigenvalue weighted by atomic mass is 10.1. The molecule has 27 heavy (non-hydrogen) atoms. The molecule has 2 rings (SSSR count). The molecule has 1 atom stereocenters. The van der Waals surface area contributed by atoms with E-state index in [1.54, 1.807) is 4.90 Å².